The Bertz CT molecular complexity index is 490. The molecule has 0 saturated carbocycles. The summed E-state index contributed by atoms with van der Waals surface area (Å²) in [5, 5.41) is 9.19. The van der Waals surface area contributed by atoms with Crippen molar-refractivity contribution in [3.05, 3.63) is 18.0 Å². The third-order valence-corrected chi connectivity index (χ3v) is 4.60. The Labute approximate surface area is 127 Å². The van der Waals surface area contributed by atoms with Crippen LogP contribution in [-0.2, 0) is 27.9 Å². The van der Waals surface area contributed by atoms with E-state index in [-0.39, 0.29) is 11.5 Å². The molecule has 0 aromatic carbocycles. The van der Waals surface area contributed by atoms with Crippen molar-refractivity contribution in [2.24, 2.45) is 0 Å². The highest BCUT2D eigenvalue weighted by Gasteiger charge is 2.17. The molecular weight excluding hydrogens is 292 g/mol. The summed E-state index contributed by atoms with van der Waals surface area (Å²) in [6, 6.07) is 1.50. The summed E-state index contributed by atoms with van der Waals surface area (Å²) < 4.78 is 33.9. The van der Waals surface area contributed by atoms with Crippen LogP contribution in [0.3, 0.4) is 0 Å². The highest BCUT2D eigenvalue weighted by molar-refractivity contribution is 7.89. The molecule has 0 atom stereocenters. The van der Waals surface area contributed by atoms with Crippen molar-refractivity contribution in [2.75, 3.05) is 19.8 Å². The van der Waals surface area contributed by atoms with Gasteiger partial charge in [0.15, 0.2) is 0 Å². The van der Waals surface area contributed by atoms with Crippen LogP contribution in [0.4, 0.5) is 0 Å². The predicted molar refractivity (Wildman–Crippen MR) is 81.6 cm³/mol. The van der Waals surface area contributed by atoms with Gasteiger partial charge in [0.2, 0.25) is 10.0 Å². The molecule has 0 aliphatic carbocycles. The summed E-state index contributed by atoms with van der Waals surface area (Å²) in [4.78, 5) is 0.195. The second-order valence-electron chi connectivity index (χ2n) is 4.83. The number of nitrogens with zero attached hydrogens (tertiary/aromatic N) is 1. The van der Waals surface area contributed by atoms with Gasteiger partial charge in [-0.05, 0) is 25.8 Å². The van der Waals surface area contributed by atoms with Crippen LogP contribution in [0.1, 0.15) is 38.8 Å². The molecular formula is C14H26N2O4S. The maximum Gasteiger partial charge on any atom is 0.242 e. The Kier molecular flexibility index (Phi) is 7.95. The second-order valence-corrected chi connectivity index (χ2v) is 6.60. The lowest BCUT2D eigenvalue weighted by molar-refractivity contribution is 0.130. The van der Waals surface area contributed by atoms with Crippen LogP contribution in [-0.4, -0.2) is 37.8 Å². The van der Waals surface area contributed by atoms with Gasteiger partial charge in [-0.3, -0.25) is 0 Å². The average molecular weight is 318 g/mol. The number of hydrogen-bond acceptors (Lipinski definition) is 4. The van der Waals surface area contributed by atoms with Crippen LogP contribution in [0.5, 0.6) is 0 Å². The summed E-state index contributed by atoms with van der Waals surface area (Å²) >= 11 is 0. The zero-order valence-electron chi connectivity index (χ0n) is 12.8. The van der Waals surface area contributed by atoms with Crippen molar-refractivity contribution in [3.8, 4) is 0 Å². The summed E-state index contributed by atoms with van der Waals surface area (Å²) in [5.41, 5.74) is 0.598. The summed E-state index contributed by atoms with van der Waals surface area (Å²) in [5.74, 6) is 0. The Balaban J connectivity index is 2.44. The highest BCUT2D eigenvalue weighted by atomic mass is 32.2. The van der Waals surface area contributed by atoms with Crippen molar-refractivity contribution < 1.29 is 18.3 Å². The molecule has 6 nitrogen and oxygen atoms in total. The number of sulfonamides is 1. The largest absolute Gasteiger partial charge is 0.390 e. The van der Waals surface area contributed by atoms with Crippen molar-refractivity contribution in [3.63, 3.8) is 0 Å². The van der Waals surface area contributed by atoms with Gasteiger partial charge in [-0.1, -0.05) is 13.3 Å². The van der Waals surface area contributed by atoms with Gasteiger partial charge in [0.1, 0.15) is 0 Å². The number of ether oxygens (including phenoxy) is 1. The van der Waals surface area contributed by atoms with Crippen LogP contribution in [0, 0.1) is 0 Å². The Morgan fingerprint density at radius 1 is 1.29 bits per heavy atom. The number of aromatic nitrogens is 1. The average Bonchev–Trinajstić information content (AvgIpc) is 2.90. The third kappa shape index (κ3) is 5.78. The second kappa shape index (κ2) is 9.19. The summed E-state index contributed by atoms with van der Waals surface area (Å²) in [6.07, 6.45) is 4.31. The van der Waals surface area contributed by atoms with Gasteiger partial charge in [0.25, 0.3) is 0 Å². The Morgan fingerprint density at radius 2 is 2.00 bits per heavy atom. The van der Waals surface area contributed by atoms with Gasteiger partial charge < -0.3 is 14.4 Å². The van der Waals surface area contributed by atoms with Crippen LogP contribution in [0.15, 0.2) is 17.2 Å². The number of aliphatic hydroxyl groups excluding tert-OH is 1. The lowest BCUT2D eigenvalue weighted by Crippen LogP contribution is -2.25. The number of aryl methyl sites for hydroxylation is 1. The van der Waals surface area contributed by atoms with Gasteiger partial charge >= 0.3 is 0 Å². The molecule has 7 heteroatoms. The molecule has 0 aliphatic heterocycles. The van der Waals surface area contributed by atoms with Gasteiger partial charge in [0, 0.05) is 38.2 Å². The number of unbranched alkanes of at least 4 members (excludes halogenated alkanes) is 1. The fourth-order valence-corrected chi connectivity index (χ4v) is 3.05. The van der Waals surface area contributed by atoms with E-state index in [0.29, 0.717) is 31.8 Å². The predicted octanol–water partition coefficient (Wildman–Crippen LogP) is 1.49. The van der Waals surface area contributed by atoms with Crippen LogP contribution in [0.2, 0.25) is 0 Å². The molecule has 0 bridgehead atoms. The fraction of sp³-hybridized carbons (Fsp3) is 0.714. The Hall–Kier alpha value is -0.890. The van der Waals surface area contributed by atoms with Crippen LogP contribution in [0.25, 0.3) is 0 Å². The van der Waals surface area contributed by atoms with E-state index in [1.807, 2.05) is 6.92 Å². The first-order valence-corrected chi connectivity index (χ1v) is 8.90. The van der Waals surface area contributed by atoms with E-state index in [1.165, 1.54) is 6.07 Å². The maximum atomic E-state index is 12.1. The number of nitrogens with one attached hydrogen (secondary N) is 1. The Morgan fingerprint density at radius 3 is 2.57 bits per heavy atom. The van der Waals surface area contributed by atoms with Gasteiger partial charge in [-0.15, -0.1) is 0 Å². The smallest absolute Gasteiger partial charge is 0.242 e. The van der Waals surface area contributed by atoms with Gasteiger partial charge in [-0.2, -0.15) is 0 Å². The zero-order valence-corrected chi connectivity index (χ0v) is 13.7. The van der Waals surface area contributed by atoms with Crippen molar-refractivity contribution in [2.45, 2.75) is 51.2 Å². The lowest BCUT2D eigenvalue weighted by Gasteiger charge is -2.06. The van der Waals surface area contributed by atoms with Crippen molar-refractivity contribution >= 4 is 10.0 Å². The number of hydrogen-bond donors (Lipinski definition) is 2. The van der Waals surface area contributed by atoms with Gasteiger partial charge in [-0.25, -0.2) is 13.1 Å². The van der Waals surface area contributed by atoms with E-state index < -0.39 is 10.0 Å². The molecule has 122 valence electrons. The monoisotopic (exact) mass is 318 g/mol. The molecule has 0 saturated heterocycles. The quantitative estimate of drug-likeness (QED) is 0.606. The lowest BCUT2D eigenvalue weighted by atomic mass is 10.4. The first-order chi connectivity index (χ1) is 10.0. The normalized spacial score (nSPS) is 12.0. The van der Waals surface area contributed by atoms with E-state index in [4.69, 9.17) is 4.74 Å². The molecule has 1 aromatic rings. The minimum Gasteiger partial charge on any atom is -0.390 e. The summed E-state index contributed by atoms with van der Waals surface area (Å²) in [7, 11) is -3.52. The standard InChI is InChI=1S/C14H26N2O4S/c1-3-5-8-20-9-6-7-15-21(18,19)14-10-13(12-17)16(4-2)11-14/h10-11,15,17H,3-9,12H2,1-2H3. The molecule has 1 heterocycles. The molecule has 0 unspecified atom stereocenters. The van der Waals surface area contributed by atoms with E-state index in [1.54, 1.807) is 10.8 Å². The first kappa shape index (κ1) is 18.2. The minimum atomic E-state index is -3.52. The molecule has 0 spiro atoms. The topological polar surface area (TPSA) is 80.6 Å². The SMILES string of the molecule is CCCCOCCCNS(=O)(=O)c1cc(CO)n(CC)c1. The fourth-order valence-electron chi connectivity index (χ4n) is 1.91. The molecule has 0 aliphatic rings. The highest BCUT2D eigenvalue weighted by Crippen LogP contribution is 2.14. The molecule has 2 N–H and O–H groups in total. The van der Waals surface area contributed by atoms with E-state index in [9.17, 15) is 13.5 Å². The van der Waals surface area contributed by atoms with Crippen molar-refractivity contribution in [1.29, 1.82) is 0 Å². The molecule has 1 rings (SSSR count). The van der Waals surface area contributed by atoms with Gasteiger partial charge in [0.05, 0.1) is 11.5 Å². The number of rotatable bonds is 11. The maximum absolute atomic E-state index is 12.1. The van der Waals surface area contributed by atoms with E-state index >= 15 is 0 Å². The minimum absolute atomic E-state index is 0.172. The molecule has 0 fully saturated rings. The molecule has 21 heavy (non-hydrogen) atoms. The number of aliphatic hydroxyl groups is 1. The molecule has 1 aromatic heterocycles. The first-order valence-electron chi connectivity index (χ1n) is 7.42. The van der Waals surface area contributed by atoms with E-state index in [0.717, 1.165) is 19.4 Å². The zero-order chi connectivity index (χ0) is 15.7. The summed E-state index contributed by atoms with van der Waals surface area (Å²) in [6.45, 7) is 6.07. The molecule has 0 amide bonds. The van der Waals surface area contributed by atoms with E-state index in [2.05, 4.69) is 11.6 Å². The van der Waals surface area contributed by atoms with Crippen LogP contribution >= 0.6 is 0 Å². The van der Waals surface area contributed by atoms with Crippen LogP contribution < -0.4 is 4.72 Å². The van der Waals surface area contributed by atoms with Crippen molar-refractivity contribution in [1.82, 2.24) is 9.29 Å². The molecule has 0 radical (unpaired) electrons. The third-order valence-electron chi connectivity index (χ3n) is 3.17.